The van der Waals surface area contributed by atoms with Gasteiger partial charge in [-0.3, -0.25) is 4.79 Å². The molecule has 0 saturated carbocycles. The lowest BCUT2D eigenvalue weighted by Gasteiger charge is -2.31. The molecule has 7 heteroatoms. The van der Waals surface area contributed by atoms with Crippen LogP contribution in [0.5, 0.6) is 17.2 Å². The first kappa shape index (κ1) is 15.1. The summed E-state index contributed by atoms with van der Waals surface area (Å²) in [6.45, 7) is 1.35. The fraction of sp³-hybridized carbons (Fsp3) is 0.250. The summed E-state index contributed by atoms with van der Waals surface area (Å²) in [6.07, 6.45) is -0.237. The van der Waals surface area contributed by atoms with Crippen LogP contribution in [-0.4, -0.2) is 26.9 Å². The van der Waals surface area contributed by atoms with E-state index in [2.05, 4.69) is 0 Å². The SMILES string of the molecule is C[C@@]1(O)CC(=O)c2c(Cc3cc(O)cc(=O)o3)cc(O)cc2O1. The van der Waals surface area contributed by atoms with Crippen molar-refractivity contribution in [3.63, 3.8) is 0 Å². The number of Topliss-reactive ketones (excluding diaryl/α,β-unsaturated/α-hetero) is 1. The van der Waals surface area contributed by atoms with E-state index in [0.29, 0.717) is 5.56 Å². The summed E-state index contributed by atoms with van der Waals surface area (Å²) in [5.41, 5.74) is -0.144. The summed E-state index contributed by atoms with van der Waals surface area (Å²) >= 11 is 0. The maximum atomic E-state index is 12.3. The van der Waals surface area contributed by atoms with Crippen molar-refractivity contribution in [3.8, 4) is 17.2 Å². The average Bonchev–Trinajstić information content (AvgIpc) is 2.33. The number of phenolic OH excluding ortho intramolecular Hbond substituents is 1. The first-order valence-corrected chi connectivity index (χ1v) is 6.87. The van der Waals surface area contributed by atoms with E-state index in [1.807, 2.05) is 0 Å². The minimum absolute atomic E-state index is 0.00236. The Balaban J connectivity index is 2.08. The number of aliphatic hydroxyl groups is 1. The van der Waals surface area contributed by atoms with E-state index in [1.165, 1.54) is 25.1 Å². The zero-order valence-electron chi connectivity index (χ0n) is 12.2. The summed E-state index contributed by atoms with van der Waals surface area (Å²) in [6, 6.07) is 4.77. The number of phenols is 1. The number of rotatable bonds is 2. The number of carbonyl (C=O) groups is 1. The van der Waals surface area contributed by atoms with Gasteiger partial charge in [0.15, 0.2) is 5.78 Å². The Labute approximate surface area is 130 Å². The number of hydrogen-bond acceptors (Lipinski definition) is 7. The quantitative estimate of drug-likeness (QED) is 0.764. The van der Waals surface area contributed by atoms with Crippen LogP contribution in [0.25, 0.3) is 0 Å². The Morgan fingerprint density at radius 1 is 1.13 bits per heavy atom. The van der Waals surface area contributed by atoms with Crippen LogP contribution in [0, 0.1) is 0 Å². The van der Waals surface area contributed by atoms with Gasteiger partial charge in [0.05, 0.1) is 18.1 Å². The molecule has 3 rings (SSSR count). The molecule has 1 aliphatic heterocycles. The van der Waals surface area contributed by atoms with Crippen LogP contribution in [-0.2, 0) is 6.42 Å². The summed E-state index contributed by atoms with van der Waals surface area (Å²) in [7, 11) is 0. The largest absolute Gasteiger partial charge is 0.508 e. The zero-order chi connectivity index (χ0) is 16.8. The number of ether oxygens (including phenoxy) is 1. The first-order valence-electron chi connectivity index (χ1n) is 6.87. The Kier molecular flexibility index (Phi) is 3.37. The molecule has 0 bridgehead atoms. The van der Waals surface area contributed by atoms with Crippen molar-refractivity contribution in [2.24, 2.45) is 0 Å². The lowest BCUT2D eigenvalue weighted by Crippen LogP contribution is -2.39. The van der Waals surface area contributed by atoms with E-state index in [9.17, 15) is 24.9 Å². The van der Waals surface area contributed by atoms with Gasteiger partial charge in [0, 0.05) is 25.5 Å². The molecule has 2 aromatic rings. The van der Waals surface area contributed by atoms with Crippen molar-refractivity contribution in [1.82, 2.24) is 0 Å². The van der Waals surface area contributed by atoms with Crippen LogP contribution < -0.4 is 10.4 Å². The number of benzene rings is 1. The first-order chi connectivity index (χ1) is 10.7. The summed E-state index contributed by atoms with van der Waals surface area (Å²) in [5.74, 6) is -2.22. The third-order valence-electron chi connectivity index (χ3n) is 3.44. The Morgan fingerprint density at radius 2 is 1.83 bits per heavy atom. The highest BCUT2D eigenvalue weighted by Crippen LogP contribution is 2.37. The molecule has 2 heterocycles. The molecule has 0 spiro atoms. The molecule has 3 N–H and O–H groups in total. The fourth-order valence-corrected chi connectivity index (χ4v) is 2.64. The number of aromatic hydroxyl groups is 2. The molecule has 0 radical (unpaired) electrons. The molecule has 7 nitrogen and oxygen atoms in total. The molecule has 0 fully saturated rings. The van der Waals surface area contributed by atoms with E-state index in [0.717, 1.165) is 6.07 Å². The van der Waals surface area contributed by atoms with Gasteiger partial charge in [-0.2, -0.15) is 0 Å². The lowest BCUT2D eigenvalue weighted by atomic mass is 9.92. The number of carbonyl (C=O) groups excluding carboxylic acids is 1. The van der Waals surface area contributed by atoms with Crippen molar-refractivity contribution in [3.05, 3.63) is 51.6 Å². The molecular weight excluding hydrogens is 304 g/mol. The van der Waals surface area contributed by atoms with Crippen molar-refractivity contribution < 1.29 is 29.3 Å². The summed E-state index contributed by atoms with van der Waals surface area (Å²) in [5, 5.41) is 29.2. The van der Waals surface area contributed by atoms with Crippen molar-refractivity contribution in [2.75, 3.05) is 0 Å². The second-order valence-electron chi connectivity index (χ2n) is 5.63. The molecular formula is C16H14O7. The van der Waals surface area contributed by atoms with Gasteiger partial charge in [-0.1, -0.05) is 0 Å². The molecule has 1 atom stereocenters. The number of hydrogen-bond donors (Lipinski definition) is 3. The van der Waals surface area contributed by atoms with Gasteiger partial charge in [-0.25, -0.2) is 4.79 Å². The van der Waals surface area contributed by atoms with E-state index in [-0.39, 0.29) is 47.2 Å². The van der Waals surface area contributed by atoms with Crippen molar-refractivity contribution in [2.45, 2.75) is 25.6 Å². The lowest BCUT2D eigenvalue weighted by molar-refractivity contribution is -0.123. The van der Waals surface area contributed by atoms with Gasteiger partial charge < -0.3 is 24.5 Å². The van der Waals surface area contributed by atoms with Crippen molar-refractivity contribution >= 4 is 5.78 Å². The Morgan fingerprint density at radius 3 is 2.52 bits per heavy atom. The monoisotopic (exact) mass is 318 g/mol. The van der Waals surface area contributed by atoms with Crippen LogP contribution in [0.15, 0.2) is 33.5 Å². The number of fused-ring (bicyclic) bond motifs is 1. The van der Waals surface area contributed by atoms with Crippen LogP contribution in [0.2, 0.25) is 0 Å². The Bertz CT molecular complexity index is 848. The van der Waals surface area contributed by atoms with Gasteiger partial charge in [0.1, 0.15) is 23.0 Å². The highest BCUT2D eigenvalue weighted by Gasteiger charge is 2.36. The molecule has 0 aliphatic carbocycles. The van der Waals surface area contributed by atoms with Crippen LogP contribution in [0.3, 0.4) is 0 Å². The van der Waals surface area contributed by atoms with Crippen LogP contribution >= 0.6 is 0 Å². The van der Waals surface area contributed by atoms with Crippen LogP contribution in [0.4, 0.5) is 0 Å². The molecule has 0 unspecified atom stereocenters. The van der Waals surface area contributed by atoms with Crippen LogP contribution in [0.1, 0.15) is 35.0 Å². The van der Waals surface area contributed by atoms with Gasteiger partial charge in [-0.15, -0.1) is 0 Å². The molecule has 1 aromatic carbocycles. The molecule has 1 aliphatic rings. The topological polar surface area (TPSA) is 117 Å². The van der Waals surface area contributed by atoms with Gasteiger partial charge in [-0.05, 0) is 11.6 Å². The van der Waals surface area contributed by atoms with E-state index in [4.69, 9.17) is 9.15 Å². The average molecular weight is 318 g/mol. The summed E-state index contributed by atoms with van der Waals surface area (Å²) < 4.78 is 10.3. The molecule has 120 valence electrons. The standard InChI is InChI=1S/C16H14O7/c1-16(21)7-12(19)15-8(2-9(17)5-13(15)23-16)3-11-4-10(18)6-14(20)22-11/h2,4-6,17-18,21H,3,7H2,1H3/t16-/m0/s1. The number of ketones is 1. The second-order valence-corrected chi connectivity index (χ2v) is 5.63. The molecule has 23 heavy (non-hydrogen) atoms. The maximum Gasteiger partial charge on any atom is 0.339 e. The summed E-state index contributed by atoms with van der Waals surface area (Å²) in [4.78, 5) is 23.6. The second kappa shape index (κ2) is 5.13. The third-order valence-corrected chi connectivity index (χ3v) is 3.44. The van der Waals surface area contributed by atoms with Gasteiger partial charge >= 0.3 is 5.63 Å². The zero-order valence-corrected chi connectivity index (χ0v) is 12.2. The molecule has 0 amide bonds. The minimum atomic E-state index is -1.65. The van der Waals surface area contributed by atoms with Gasteiger partial charge in [0.25, 0.3) is 0 Å². The maximum absolute atomic E-state index is 12.3. The van der Waals surface area contributed by atoms with E-state index >= 15 is 0 Å². The minimum Gasteiger partial charge on any atom is -0.508 e. The van der Waals surface area contributed by atoms with E-state index in [1.54, 1.807) is 0 Å². The highest BCUT2D eigenvalue weighted by atomic mass is 16.6. The predicted octanol–water partition coefficient (Wildman–Crippen LogP) is 1.32. The Hall–Kier alpha value is -2.80. The van der Waals surface area contributed by atoms with E-state index < -0.39 is 11.4 Å². The normalized spacial score (nSPS) is 20.0. The predicted molar refractivity (Wildman–Crippen MR) is 77.8 cm³/mol. The smallest absolute Gasteiger partial charge is 0.339 e. The third kappa shape index (κ3) is 3.04. The fourth-order valence-electron chi connectivity index (χ4n) is 2.64. The molecule has 0 saturated heterocycles. The highest BCUT2D eigenvalue weighted by molar-refractivity contribution is 6.01. The molecule has 1 aromatic heterocycles. The van der Waals surface area contributed by atoms with Crippen molar-refractivity contribution in [1.29, 1.82) is 0 Å². The van der Waals surface area contributed by atoms with Gasteiger partial charge in [0.2, 0.25) is 5.79 Å².